The molecule has 0 amide bonds. The van der Waals surface area contributed by atoms with Crippen LogP contribution in [-0.2, 0) is 6.42 Å². The third-order valence-corrected chi connectivity index (χ3v) is 3.62. The van der Waals surface area contributed by atoms with Crippen molar-refractivity contribution in [2.24, 2.45) is 0 Å². The zero-order valence-corrected chi connectivity index (χ0v) is 12.7. The molecule has 0 saturated heterocycles. The lowest BCUT2D eigenvalue weighted by atomic mass is 9.92. The fourth-order valence-electron chi connectivity index (χ4n) is 2.25. The number of hydrogen-bond acceptors (Lipinski definition) is 3. The standard InChI is InChI=1S/C17H16ClNO2/c1-20-16-6-4-3-5-14(16)13(11-19)9-12-7-8-17(21-2)15(18)10-12/h3-8,10,13H,9H2,1-2H3. The number of ether oxygens (including phenoxy) is 2. The van der Waals surface area contributed by atoms with Crippen LogP contribution in [0.1, 0.15) is 17.0 Å². The van der Waals surface area contributed by atoms with Gasteiger partial charge >= 0.3 is 0 Å². The van der Waals surface area contributed by atoms with Gasteiger partial charge in [-0.2, -0.15) is 5.26 Å². The molecule has 0 N–H and O–H groups in total. The SMILES string of the molecule is COc1ccc(CC(C#N)c2ccccc2OC)cc1Cl. The highest BCUT2D eigenvalue weighted by Gasteiger charge is 2.16. The van der Waals surface area contributed by atoms with E-state index in [0.717, 1.165) is 16.9 Å². The fourth-order valence-corrected chi connectivity index (χ4v) is 2.53. The first-order valence-corrected chi connectivity index (χ1v) is 6.92. The van der Waals surface area contributed by atoms with Gasteiger partial charge in [0.05, 0.1) is 31.2 Å². The molecule has 0 aliphatic carbocycles. The van der Waals surface area contributed by atoms with E-state index in [0.29, 0.717) is 17.2 Å². The molecule has 1 unspecified atom stereocenters. The predicted octanol–water partition coefficient (Wildman–Crippen LogP) is 4.21. The number of halogens is 1. The van der Waals surface area contributed by atoms with Gasteiger partial charge in [0, 0.05) is 5.56 Å². The molecule has 1 atom stereocenters. The van der Waals surface area contributed by atoms with Crippen LogP contribution in [0.3, 0.4) is 0 Å². The lowest BCUT2D eigenvalue weighted by molar-refractivity contribution is 0.408. The molecule has 0 fully saturated rings. The molecule has 0 spiro atoms. The molecular formula is C17H16ClNO2. The monoisotopic (exact) mass is 301 g/mol. The average molecular weight is 302 g/mol. The van der Waals surface area contributed by atoms with Crippen LogP contribution in [0.25, 0.3) is 0 Å². The van der Waals surface area contributed by atoms with Crippen molar-refractivity contribution in [2.75, 3.05) is 14.2 Å². The molecule has 21 heavy (non-hydrogen) atoms. The van der Waals surface area contributed by atoms with Crippen LogP contribution in [0.4, 0.5) is 0 Å². The topological polar surface area (TPSA) is 42.2 Å². The Morgan fingerprint density at radius 1 is 1.10 bits per heavy atom. The van der Waals surface area contributed by atoms with Crippen molar-refractivity contribution in [1.29, 1.82) is 5.26 Å². The summed E-state index contributed by atoms with van der Waals surface area (Å²) in [5.74, 6) is 1.07. The van der Waals surface area contributed by atoms with Gasteiger partial charge in [-0.05, 0) is 30.2 Å². The Morgan fingerprint density at radius 2 is 1.81 bits per heavy atom. The zero-order chi connectivity index (χ0) is 15.2. The number of nitrogens with zero attached hydrogens (tertiary/aromatic N) is 1. The lowest BCUT2D eigenvalue weighted by Gasteiger charge is -2.14. The summed E-state index contributed by atoms with van der Waals surface area (Å²) >= 11 is 6.13. The van der Waals surface area contributed by atoms with E-state index in [-0.39, 0.29) is 5.92 Å². The minimum atomic E-state index is -0.286. The van der Waals surface area contributed by atoms with Crippen molar-refractivity contribution in [3.05, 3.63) is 58.6 Å². The van der Waals surface area contributed by atoms with Crippen LogP contribution in [0.5, 0.6) is 11.5 Å². The van der Waals surface area contributed by atoms with E-state index in [4.69, 9.17) is 21.1 Å². The van der Waals surface area contributed by atoms with Gasteiger partial charge in [-0.25, -0.2) is 0 Å². The first kappa shape index (κ1) is 15.2. The van der Waals surface area contributed by atoms with E-state index in [2.05, 4.69) is 6.07 Å². The number of nitriles is 1. The van der Waals surface area contributed by atoms with Gasteiger partial charge < -0.3 is 9.47 Å². The molecule has 0 aromatic heterocycles. The Labute approximate surface area is 129 Å². The molecule has 2 rings (SSSR count). The summed E-state index contributed by atoms with van der Waals surface area (Å²) in [6.45, 7) is 0. The summed E-state index contributed by atoms with van der Waals surface area (Å²) in [7, 11) is 3.19. The predicted molar refractivity (Wildman–Crippen MR) is 83.1 cm³/mol. The molecule has 0 heterocycles. The largest absolute Gasteiger partial charge is 0.496 e. The van der Waals surface area contributed by atoms with E-state index in [9.17, 15) is 5.26 Å². The van der Waals surface area contributed by atoms with Crippen LogP contribution in [0, 0.1) is 11.3 Å². The van der Waals surface area contributed by atoms with Crippen LogP contribution in [0.15, 0.2) is 42.5 Å². The summed E-state index contributed by atoms with van der Waals surface area (Å²) in [6.07, 6.45) is 0.570. The van der Waals surface area contributed by atoms with Crippen molar-refractivity contribution in [3.8, 4) is 17.6 Å². The van der Waals surface area contributed by atoms with Crippen molar-refractivity contribution in [1.82, 2.24) is 0 Å². The fraction of sp³-hybridized carbons (Fsp3) is 0.235. The smallest absolute Gasteiger partial charge is 0.137 e. The summed E-state index contributed by atoms with van der Waals surface area (Å²) in [5.41, 5.74) is 1.87. The lowest BCUT2D eigenvalue weighted by Crippen LogP contribution is -2.03. The molecule has 0 radical (unpaired) electrons. The summed E-state index contributed by atoms with van der Waals surface area (Å²) in [4.78, 5) is 0. The van der Waals surface area contributed by atoms with Crippen LogP contribution >= 0.6 is 11.6 Å². The third-order valence-electron chi connectivity index (χ3n) is 3.33. The molecule has 0 bridgehead atoms. The summed E-state index contributed by atoms with van der Waals surface area (Å²) < 4.78 is 10.5. The Morgan fingerprint density at radius 3 is 2.43 bits per heavy atom. The van der Waals surface area contributed by atoms with Gasteiger partial charge in [0.1, 0.15) is 11.5 Å². The molecule has 0 saturated carbocycles. The molecule has 3 nitrogen and oxygen atoms in total. The van der Waals surface area contributed by atoms with Gasteiger partial charge in [-0.15, -0.1) is 0 Å². The van der Waals surface area contributed by atoms with Crippen LogP contribution in [0.2, 0.25) is 5.02 Å². The van der Waals surface area contributed by atoms with Gasteiger partial charge in [0.15, 0.2) is 0 Å². The Hall–Kier alpha value is -2.18. The molecular weight excluding hydrogens is 286 g/mol. The van der Waals surface area contributed by atoms with E-state index >= 15 is 0 Å². The third kappa shape index (κ3) is 3.48. The quantitative estimate of drug-likeness (QED) is 0.831. The number of benzene rings is 2. The maximum Gasteiger partial charge on any atom is 0.137 e. The van der Waals surface area contributed by atoms with Gasteiger partial charge in [-0.1, -0.05) is 35.9 Å². The number of rotatable bonds is 5. The second-order valence-electron chi connectivity index (χ2n) is 4.60. The second kappa shape index (κ2) is 7.01. The van der Waals surface area contributed by atoms with Crippen molar-refractivity contribution in [2.45, 2.75) is 12.3 Å². The zero-order valence-electron chi connectivity index (χ0n) is 12.0. The Balaban J connectivity index is 2.27. The molecule has 2 aromatic rings. The van der Waals surface area contributed by atoms with Crippen LogP contribution in [-0.4, -0.2) is 14.2 Å². The van der Waals surface area contributed by atoms with E-state index in [1.807, 2.05) is 42.5 Å². The van der Waals surface area contributed by atoms with E-state index in [1.165, 1.54) is 0 Å². The highest BCUT2D eigenvalue weighted by atomic mass is 35.5. The van der Waals surface area contributed by atoms with Crippen molar-refractivity contribution >= 4 is 11.6 Å². The molecule has 0 aliphatic heterocycles. The highest BCUT2D eigenvalue weighted by Crippen LogP contribution is 2.31. The minimum absolute atomic E-state index is 0.286. The maximum atomic E-state index is 9.47. The molecule has 4 heteroatoms. The molecule has 2 aromatic carbocycles. The van der Waals surface area contributed by atoms with Gasteiger partial charge in [-0.3, -0.25) is 0 Å². The normalized spacial score (nSPS) is 11.5. The van der Waals surface area contributed by atoms with Crippen molar-refractivity contribution in [3.63, 3.8) is 0 Å². The van der Waals surface area contributed by atoms with Gasteiger partial charge in [0.25, 0.3) is 0 Å². The summed E-state index contributed by atoms with van der Waals surface area (Å²) in [5, 5.41) is 10.0. The minimum Gasteiger partial charge on any atom is -0.496 e. The van der Waals surface area contributed by atoms with E-state index in [1.54, 1.807) is 14.2 Å². The molecule has 108 valence electrons. The maximum absolute atomic E-state index is 9.47. The average Bonchev–Trinajstić information content (AvgIpc) is 2.52. The van der Waals surface area contributed by atoms with Crippen LogP contribution < -0.4 is 9.47 Å². The first-order valence-electron chi connectivity index (χ1n) is 6.54. The number of hydrogen-bond donors (Lipinski definition) is 0. The first-order chi connectivity index (χ1) is 10.2. The van der Waals surface area contributed by atoms with E-state index < -0.39 is 0 Å². The number of methoxy groups -OCH3 is 2. The highest BCUT2D eigenvalue weighted by molar-refractivity contribution is 6.32. The number of para-hydroxylation sites is 1. The summed E-state index contributed by atoms with van der Waals surface area (Å²) in [6, 6.07) is 15.5. The Kier molecular flexibility index (Phi) is 5.08. The Bertz CT molecular complexity index is 664. The van der Waals surface area contributed by atoms with Crippen molar-refractivity contribution < 1.29 is 9.47 Å². The molecule has 0 aliphatic rings. The van der Waals surface area contributed by atoms with Gasteiger partial charge in [0.2, 0.25) is 0 Å². The second-order valence-corrected chi connectivity index (χ2v) is 5.00.